The van der Waals surface area contributed by atoms with Gasteiger partial charge in [0.05, 0.1) is 19.4 Å². The van der Waals surface area contributed by atoms with Gasteiger partial charge in [0.15, 0.2) is 5.82 Å². The van der Waals surface area contributed by atoms with E-state index in [2.05, 4.69) is 22.0 Å². The van der Waals surface area contributed by atoms with E-state index in [4.69, 9.17) is 4.74 Å². The molecular weight excluding hydrogens is 216 g/mol. The van der Waals surface area contributed by atoms with Gasteiger partial charge in [-0.25, -0.2) is 9.50 Å². The van der Waals surface area contributed by atoms with Crippen LogP contribution in [0.25, 0.3) is 5.52 Å². The highest BCUT2D eigenvalue weighted by Gasteiger charge is 2.01. The largest absolute Gasteiger partial charge is 0.379 e. The van der Waals surface area contributed by atoms with Gasteiger partial charge in [0.25, 0.3) is 0 Å². The summed E-state index contributed by atoms with van der Waals surface area (Å²) in [7, 11) is 0. The van der Waals surface area contributed by atoms with Crippen molar-refractivity contribution in [3.63, 3.8) is 0 Å². The SMILES string of the molecule is C=CCCOCCNc1nccn2nccc12. The van der Waals surface area contributed by atoms with E-state index >= 15 is 0 Å². The third-order valence-corrected chi connectivity index (χ3v) is 2.33. The van der Waals surface area contributed by atoms with Gasteiger partial charge in [-0.1, -0.05) is 6.08 Å². The van der Waals surface area contributed by atoms with Crippen LogP contribution in [0.15, 0.2) is 37.3 Å². The first-order chi connectivity index (χ1) is 8.42. The number of hydrogen-bond acceptors (Lipinski definition) is 4. The Hall–Kier alpha value is -1.88. The maximum Gasteiger partial charge on any atom is 0.152 e. The minimum atomic E-state index is 0.657. The molecule has 0 unspecified atom stereocenters. The zero-order valence-electron chi connectivity index (χ0n) is 9.67. The summed E-state index contributed by atoms with van der Waals surface area (Å²) in [5.41, 5.74) is 0.971. The fraction of sp³-hybridized carbons (Fsp3) is 0.333. The van der Waals surface area contributed by atoms with E-state index in [9.17, 15) is 0 Å². The van der Waals surface area contributed by atoms with Crippen molar-refractivity contribution in [3.05, 3.63) is 37.3 Å². The molecule has 5 nitrogen and oxygen atoms in total. The van der Waals surface area contributed by atoms with Crippen LogP contribution in [-0.2, 0) is 4.74 Å². The normalized spacial score (nSPS) is 10.6. The number of ether oxygens (including phenoxy) is 1. The lowest BCUT2D eigenvalue weighted by atomic mass is 10.4. The van der Waals surface area contributed by atoms with Gasteiger partial charge in [-0.3, -0.25) is 0 Å². The minimum absolute atomic E-state index is 0.657. The molecule has 0 amide bonds. The quantitative estimate of drug-likeness (QED) is 0.583. The smallest absolute Gasteiger partial charge is 0.152 e. The monoisotopic (exact) mass is 232 g/mol. The van der Waals surface area contributed by atoms with Crippen LogP contribution in [0.4, 0.5) is 5.82 Å². The Bertz CT molecular complexity index is 480. The molecule has 0 saturated heterocycles. The molecule has 2 heterocycles. The first-order valence-corrected chi connectivity index (χ1v) is 5.62. The predicted molar refractivity (Wildman–Crippen MR) is 67.1 cm³/mol. The van der Waals surface area contributed by atoms with Crippen LogP contribution >= 0.6 is 0 Å². The number of aromatic nitrogens is 3. The van der Waals surface area contributed by atoms with Gasteiger partial charge < -0.3 is 10.1 Å². The Morgan fingerprint density at radius 3 is 3.24 bits per heavy atom. The number of fused-ring (bicyclic) bond motifs is 1. The average molecular weight is 232 g/mol. The van der Waals surface area contributed by atoms with Crippen molar-refractivity contribution in [2.45, 2.75) is 6.42 Å². The highest BCUT2D eigenvalue weighted by Crippen LogP contribution is 2.11. The van der Waals surface area contributed by atoms with Gasteiger partial charge in [0.1, 0.15) is 5.52 Å². The molecule has 0 aliphatic carbocycles. The van der Waals surface area contributed by atoms with E-state index in [1.807, 2.05) is 18.3 Å². The zero-order valence-corrected chi connectivity index (χ0v) is 9.67. The topological polar surface area (TPSA) is 51.5 Å². The summed E-state index contributed by atoms with van der Waals surface area (Å²) in [4.78, 5) is 4.27. The van der Waals surface area contributed by atoms with E-state index in [1.54, 1.807) is 16.9 Å². The molecule has 0 aromatic carbocycles. The second kappa shape index (κ2) is 6.00. The summed E-state index contributed by atoms with van der Waals surface area (Å²) < 4.78 is 7.19. The zero-order chi connectivity index (χ0) is 11.9. The van der Waals surface area contributed by atoms with E-state index < -0.39 is 0 Å². The Labute approximate surface area is 100 Å². The lowest BCUT2D eigenvalue weighted by molar-refractivity contribution is 0.149. The number of nitrogens with one attached hydrogen (secondary N) is 1. The second-order valence-electron chi connectivity index (χ2n) is 3.55. The number of nitrogens with zero attached hydrogens (tertiary/aromatic N) is 3. The van der Waals surface area contributed by atoms with Crippen LogP contribution in [0.2, 0.25) is 0 Å². The molecule has 1 N–H and O–H groups in total. The summed E-state index contributed by atoms with van der Waals surface area (Å²) in [5.74, 6) is 0.831. The predicted octanol–water partition coefficient (Wildman–Crippen LogP) is 1.73. The summed E-state index contributed by atoms with van der Waals surface area (Å²) in [6, 6.07) is 1.92. The molecule has 2 aromatic heterocycles. The number of hydrogen-bond donors (Lipinski definition) is 1. The molecule has 5 heteroatoms. The van der Waals surface area contributed by atoms with Crippen molar-refractivity contribution in [1.82, 2.24) is 14.6 Å². The maximum absolute atomic E-state index is 5.41. The van der Waals surface area contributed by atoms with Crippen molar-refractivity contribution in [1.29, 1.82) is 0 Å². The molecule has 0 radical (unpaired) electrons. The fourth-order valence-electron chi connectivity index (χ4n) is 1.50. The van der Waals surface area contributed by atoms with Crippen molar-refractivity contribution in [2.75, 3.05) is 25.1 Å². The van der Waals surface area contributed by atoms with Gasteiger partial charge in [-0.05, 0) is 12.5 Å². The molecule has 2 rings (SSSR count). The van der Waals surface area contributed by atoms with E-state index in [0.29, 0.717) is 6.61 Å². The molecule has 0 aliphatic rings. The third-order valence-electron chi connectivity index (χ3n) is 2.33. The molecular formula is C12H16N4O. The molecule has 0 aliphatic heterocycles. The van der Waals surface area contributed by atoms with Gasteiger partial charge in [0, 0.05) is 18.9 Å². The molecule has 90 valence electrons. The lowest BCUT2D eigenvalue weighted by Gasteiger charge is -2.07. The Balaban J connectivity index is 1.82. The van der Waals surface area contributed by atoms with E-state index in [1.165, 1.54) is 0 Å². The molecule has 0 atom stereocenters. The molecule has 0 bridgehead atoms. The molecule has 2 aromatic rings. The summed E-state index contributed by atoms with van der Waals surface area (Å²) >= 11 is 0. The Kier molecular flexibility index (Phi) is 4.10. The minimum Gasteiger partial charge on any atom is -0.379 e. The summed E-state index contributed by atoms with van der Waals surface area (Å²) in [6.45, 7) is 5.75. The average Bonchev–Trinajstić information content (AvgIpc) is 2.82. The van der Waals surface area contributed by atoms with Crippen LogP contribution in [0.5, 0.6) is 0 Å². The molecule has 0 fully saturated rings. The Morgan fingerprint density at radius 2 is 2.35 bits per heavy atom. The van der Waals surface area contributed by atoms with Gasteiger partial charge in [-0.15, -0.1) is 6.58 Å². The Morgan fingerprint density at radius 1 is 1.41 bits per heavy atom. The van der Waals surface area contributed by atoms with Crippen LogP contribution < -0.4 is 5.32 Å². The fourth-order valence-corrected chi connectivity index (χ4v) is 1.50. The van der Waals surface area contributed by atoms with Crippen molar-refractivity contribution >= 4 is 11.3 Å². The highest BCUT2D eigenvalue weighted by molar-refractivity contribution is 5.66. The van der Waals surface area contributed by atoms with Crippen molar-refractivity contribution in [3.8, 4) is 0 Å². The van der Waals surface area contributed by atoms with Crippen molar-refractivity contribution < 1.29 is 4.74 Å². The standard InChI is InChI=1S/C12H16N4O/c1-2-3-9-17-10-7-14-12-11-4-5-15-16(11)8-6-13-12/h2,4-6,8H,1,3,7,9-10H2,(H,13,14). The van der Waals surface area contributed by atoms with Gasteiger partial charge >= 0.3 is 0 Å². The summed E-state index contributed by atoms with van der Waals surface area (Å²) in [5, 5.41) is 7.37. The van der Waals surface area contributed by atoms with Gasteiger partial charge in [-0.2, -0.15) is 5.10 Å². The third kappa shape index (κ3) is 3.04. The molecule has 0 spiro atoms. The van der Waals surface area contributed by atoms with Crippen LogP contribution in [0, 0.1) is 0 Å². The van der Waals surface area contributed by atoms with Crippen LogP contribution in [0.1, 0.15) is 6.42 Å². The number of anilines is 1. The van der Waals surface area contributed by atoms with Crippen LogP contribution in [0.3, 0.4) is 0 Å². The highest BCUT2D eigenvalue weighted by atomic mass is 16.5. The second-order valence-corrected chi connectivity index (χ2v) is 3.55. The number of rotatable bonds is 7. The van der Waals surface area contributed by atoms with Gasteiger partial charge in [0.2, 0.25) is 0 Å². The summed E-state index contributed by atoms with van der Waals surface area (Å²) in [6.07, 6.45) is 8.03. The lowest BCUT2D eigenvalue weighted by Crippen LogP contribution is -2.11. The van der Waals surface area contributed by atoms with Crippen LogP contribution in [-0.4, -0.2) is 34.4 Å². The first kappa shape index (κ1) is 11.6. The maximum atomic E-state index is 5.41. The molecule has 17 heavy (non-hydrogen) atoms. The molecule has 0 saturated carbocycles. The van der Waals surface area contributed by atoms with Crippen molar-refractivity contribution in [2.24, 2.45) is 0 Å². The van der Waals surface area contributed by atoms with E-state index in [0.717, 1.165) is 30.9 Å². The first-order valence-electron chi connectivity index (χ1n) is 5.62. The van der Waals surface area contributed by atoms with E-state index in [-0.39, 0.29) is 0 Å².